The molecule has 0 bridgehead atoms. The van der Waals surface area contributed by atoms with E-state index in [2.05, 4.69) is 0 Å². The zero-order valence-electron chi connectivity index (χ0n) is 27.3. The van der Waals surface area contributed by atoms with E-state index < -0.39 is 110 Å². The van der Waals surface area contributed by atoms with E-state index in [0.717, 1.165) is 6.92 Å². The van der Waals surface area contributed by atoms with Gasteiger partial charge in [-0.3, -0.25) is 24.0 Å². The van der Waals surface area contributed by atoms with Crippen LogP contribution in [-0.4, -0.2) is 79.7 Å². The number of phenols is 1. The number of fused-ring (bicyclic) bond motifs is 3. The second-order valence-electron chi connectivity index (χ2n) is 13.1. The van der Waals surface area contributed by atoms with Gasteiger partial charge in [0.1, 0.15) is 22.8 Å². The number of ether oxygens (including phenoxy) is 2. The van der Waals surface area contributed by atoms with Gasteiger partial charge >= 0.3 is 11.9 Å². The van der Waals surface area contributed by atoms with Crippen LogP contribution in [0.2, 0.25) is 0 Å². The number of hydrogen-bond donors (Lipinski definition) is 5. The number of hydrogen-bond acceptors (Lipinski definition) is 12. The summed E-state index contributed by atoms with van der Waals surface area (Å²) >= 11 is 0. The molecule has 6 atom stereocenters. The maximum absolute atomic E-state index is 14.4. The van der Waals surface area contributed by atoms with Crippen LogP contribution in [0.15, 0.2) is 34.8 Å². The van der Waals surface area contributed by atoms with Gasteiger partial charge in [0.2, 0.25) is 5.78 Å². The maximum Gasteiger partial charge on any atom is 0.320 e. The lowest BCUT2D eigenvalue weighted by Crippen LogP contribution is -2.73. The van der Waals surface area contributed by atoms with Gasteiger partial charge in [-0.2, -0.15) is 0 Å². The average Bonchev–Trinajstić information content (AvgIpc) is 2.96. The number of Topliss-reactive ketones (excluding diaryl/α,β-unsaturated/α-hetero) is 3. The molecule has 1 aromatic rings. The number of aromatic hydroxyl groups is 1. The predicted octanol–water partition coefficient (Wildman–Crippen LogP) is 3.16. The molecule has 250 valence electrons. The SMILES string of the molecule is CCOC(=O)C(Cc1ccc2c(c1O)C(=O)C1=C(O)[C@@]3(O)C(=O)C(C(C)=O)=C(O)C(C(C)C)[C@@]3(C)[C@H](O)[C@@]1(C)[C@@H]2C)C(=O)OCC. The first-order valence-corrected chi connectivity index (χ1v) is 15.4. The Morgan fingerprint density at radius 3 is 2.00 bits per heavy atom. The molecule has 12 nitrogen and oxygen atoms in total. The molecule has 0 aliphatic heterocycles. The highest BCUT2D eigenvalue weighted by Gasteiger charge is 2.76. The molecule has 0 amide bonds. The molecule has 1 aromatic carbocycles. The van der Waals surface area contributed by atoms with Gasteiger partial charge in [0.05, 0.1) is 30.5 Å². The fourth-order valence-electron chi connectivity index (χ4n) is 8.12. The van der Waals surface area contributed by atoms with E-state index in [1.54, 1.807) is 34.6 Å². The van der Waals surface area contributed by atoms with Gasteiger partial charge < -0.3 is 35.0 Å². The zero-order valence-corrected chi connectivity index (χ0v) is 27.3. The molecule has 0 saturated carbocycles. The number of allylic oxidation sites excluding steroid dienone is 1. The van der Waals surface area contributed by atoms with Crippen molar-refractivity contribution in [3.05, 3.63) is 51.5 Å². The van der Waals surface area contributed by atoms with Crippen molar-refractivity contribution in [2.75, 3.05) is 13.2 Å². The summed E-state index contributed by atoms with van der Waals surface area (Å²) in [7, 11) is 0. The monoisotopic (exact) mass is 642 g/mol. The Hall–Kier alpha value is -4.03. The fraction of sp³-hybridized carbons (Fsp3) is 0.559. The van der Waals surface area contributed by atoms with Crippen molar-refractivity contribution < 1.29 is 59.0 Å². The Balaban J connectivity index is 1.99. The molecule has 0 spiro atoms. The van der Waals surface area contributed by atoms with Crippen LogP contribution in [0.3, 0.4) is 0 Å². The van der Waals surface area contributed by atoms with Gasteiger partial charge in [-0.25, -0.2) is 0 Å². The summed E-state index contributed by atoms with van der Waals surface area (Å²) < 4.78 is 10.0. The Morgan fingerprint density at radius 2 is 1.52 bits per heavy atom. The molecular formula is C34H42O12. The molecule has 3 aliphatic carbocycles. The largest absolute Gasteiger partial charge is 0.511 e. The minimum absolute atomic E-state index is 0.00865. The highest BCUT2D eigenvalue weighted by Crippen LogP contribution is 2.67. The van der Waals surface area contributed by atoms with Gasteiger partial charge in [-0.05, 0) is 50.2 Å². The zero-order chi connectivity index (χ0) is 34.8. The first-order valence-electron chi connectivity index (χ1n) is 15.4. The molecule has 3 aliphatic rings. The summed E-state index contributed by atoms with van der Waals surface area (Å²) in [4.78, 5) is 66.2. The number of aliphatic hydroxyl groups is 4. The summed E-state index contributed by atoms with van der Waals surface area (Å²) in [5.41, 5.74) is -8.05. The van der Waals surface area contributed by atoms with Crippen LogP contribution in [0, 0.1) is 28.6 Å². The van der Waals surface area contributed by atoms with Crippen molar-refractivity contribution in [2.24, 2.45) is 28.6 Å². The standard InChI is InChI=1S/C34H42O12/c1-9-45-29(41)19(30(42)46-10-2)13-17-11-12-18-15(5)32(7)23(26(38)21(18)24(17)36)28(40)34(44)27(39)20(16(6)35)25(37)22(14(3)4)33(34,8)31(32)43/h11-12,14-15,19,22,31,36-37,40,43-44H,9-10,13H2,1-8H3/t15-,22?,31-,32+,33+,34+/m1/s1. The van der Waals surface area contributed by atoms with Crippen LogP contribution < -0.4 is 0 Å². The first-order chi connectivity index (χ1) is 21.3. The molecule has 4 rings (SSSR count). The van der Waals surface area contributed by atoms with Crippen LogP contribution in [0.5, 0.6) is 5.75 Å². The van der Waals surface area contributed by atoms with Crippen LogP contribution in [-0.2, 0) is 35.1 Å². The molecular weight excluding hydrogens is 600 g/mol. The third kappa shape index (κ3) is 4.36. The van der Waals surface area contributed by atoms with Crippen molar-refractivity contribution in [3.63, 3.8) is 0 Å². The highest BCUT2D eigenvalue weighted by atomic mass is 16.6. The Labute approximate surface area is 266 Å². The molecule has 0 heterocycles. The summed E-state index contributed by atoms with van der Waals surface area (Å²) in [5.74, 6) is -11.4. The topological polar surface area (TPSA) is 205 Å². The maximum atomic E-state index is 14.4. The van der Waals surface area contributed by atoms with Gasteiger partial charge in [0.25, 0.3) is 0 Å². The summed E-state index contributed by atoms with van der Waals surface area (Å²) in [6.07, 6.45) is -2.15. The number of aliphatic hydroxyl groups excluding tert-OH is 3. The van der Waals surface area contributed by atoms with Crippen LogP contribution in [0.1, 0.15) is 82.8 Å². The minimum Gasteiger partial charge on any atom is -0.511 e. The predicted molar refractivity (Wildman–Crippen MR) is 162 cm³/mol. The first kappa shape index (κ1) is 34.8. The van der Waals surface area contributed by atoms with E-state index >= 15 is 0 Å². The molecule has 0 radical (unpaired) electrons. The lowest BCUT2D eigenvalue weighted by Gasteiger charge is -2.63. The van der Waals surface area contributed by atoms with Crippen molar-refractivity contribution in [1.82, 2.24) is 0 Å². The smallest absolute Gasteiger partial charge is 0.320 e. The molecule has 12 heteroatoms. The molecule has 46 heavy (non-hydrogen) atoms. The van der Waals surface area contributed by atoms with Crippen LogP contribution in [0.4, 0.5) is 0 Å². The summed E-state index contributed by atoms with van der Waals surface area (Å²) in [5, 5.41) is 59.2. The molecule has 0 saturated heterocycles. The van der Waals surface area contributed by atoms with E-state index in [1.165, 1.54) is 26.0 Å². The quantitative estimate of drug-likeness (QED) is 0.158. The van der Waals surface area contributed by atoms with Gasteiger partial charge in [-0.15, -0.1) is 0 Å². The number of ketones is 3. The second kappa shape index (κ2) is 11.6. The molecule has 0 aromatic heterocycles. The Morgan fingerprint density at radius 1 is 0.978 bits per heavy atom. The number of carbonyl (C=O) groups excluding carboxylic acids is 5. The molecule has 0 fully saturated rings. The number of benzene rings is 1. The third-order valence-corrected chi connectivity index (χ3v) is 10.5. The van der Waals surface area contributed by atoms with E-state index in [-0.39, 0.29) is 29.9 Å². The number of rotatable bonds is 8. The van der Waals surface area contributed by atoms with Crippen LogP contribution >= 0.6 is 0 Å². The second-order valence-corrected chi connectivity index (χ2v) is 13.1. The number of esters is 2. The third-order valence-electron chi connectivity index (χ3n) is 10.5. The fourth-order valence-corrected chi connectivity index (χ4v) is 8.12. The van der Waals surface area contributed by atoms with Crippen LogP contribution in [0.25, 0.3) is 0 Å². The van der Waals surface area contributed by atoms with E-state index in [4.69, 9.17) is 9.47 Å². The summed E-state index contributed by atoms with van der Waals surface area (Å²) in [6, 6.07) is 2.94. The lowest BCUT2D eigenvalue weighted by molar-refractivity contribution is -0.211. The van der Waals surface area contributed by atoms with Crippen molar-refractivity contribution in [2.45, 2.75) is 79.4 Å². The highest BCUT2D eigenvalue weighted by molar-refractivity contribution is 6.25. The number of phenolic OH excluding ortho intramolecular Hbond substituents is 1. The number of carbonyl (C=O) groups is 5. The Bertz CT molecular complexity index is 1580. The van der Waals surface area contributed by atoms with E-state index in [0.29, 0.717) is 0 Å². The summed E-state index contributed by atoms with van der Waals surface area (Å²) in [6.45, 7) is 11.9. The van der Waals surface area contributed by atoms with Crippen molar-refractivity contribution in [1.29, 1.82) is 0 Å². The van der Waals surface area contributed by atoms with Gasteiger partial charge in [0, 0.05) is 16.7 Å². The molecule has 5 N–H and O–H groups in total. The van der Waals surface area contributed by atoms with E-state index in [1.807, 2.05) is 0 Å². The van der Waals surface area contributed by atoms with E-state index in [9.17, 15) is 49.5 Å². The Kier molecular flexibility index (Phi) is 8.82. The normalized spacial score (nSPS) is 30.7. The van der Waals surface area contributed by atoms with Crippen molar-refractivity contribution >= 4 is 29.3 Å². The van der Waals surface area contributed by atoms with Gasteiger partial charge in [0.15, 0.2) is 23.1 Å². The lowest BCUT2D eigenvalue weighted by atomic mass is 9.41. The molecule has 1 unspecified atom stereocenters. The van der Waals surface area contributed by atoms with Crippen molar-refractivity contribution in [3.8, 4) is 5.75 Å². The van der Waals surface area contributed by atoms with Gasteiger partial charge in [-0.1, -0.05) is 46.8 Å². The average molecular weight is 643 g/mol. The minimum atomic E-state index is -3.01.